The normalized spacial score (nSPS) is 12.2. The molecule has 0 aliphatic rings. The monoisotopic (exact) mass is 417 g/mol. The number of benzene rings is 2. The lowest BCUT2D eigenvalue weighted by Gasteiger charge is -2.11. The van der Waals surface area contributed by atoms with Crippen LogP contribution in [0.25, 0.3) is 0 Å². The molecule has 2 aromatic rings. The third-order valence-corrected chi connectivity index (χ3v) is 3.80. The average Bonchev–Trinajstić information content (AvgIpc) is 2.31. The second-order valence-electron chi connectivity index (χ2n) is 4.04. The maximum Gasteiger partial charge on any atom is 0.141 e. The van der Waals surface area contributed by atoms with E-state index < -0.39 is 0 Å². The minimum atomic E-state index is 0.0213. The molecular formula is C14H13BrINO. The molecule has 4 heteroatoms. The van der Waals surface area contributed by atoms with Gasteiger partial charge >= 0.3 is 0 Å². The van der Waals surface area contributed by atoms with Gasteiger partial charge < -0.3 is 10.5 Å². The minimum absolute atomic E-state index is 0.0213. The molecule has 94 valence electrons. The highest BCUT2D eigenvalue weighted by molar-refractivity contribution is 14.1. The number of hydrogen-bond acceptors (Lipinski definition) is 2. The van der Waals surface area contributed by atoms with E-state index in [1.165, 1.54) is 0 Å². The molecule has 0 radical (unpaired) electrons. The molecular weight excluding hydrogens is 405 g/mol. The highest BCUT2D eigenvalue weighted by Crippen LogP contribution is 2.32. The van der Waals surface area contributed by atoms with Crippen molar-refractivity contribution in [3.8, 4) is 11.5 Å². The number of ether oxygens (including phenoxy) is 1. The number of rotatable bonds is 3. The molecule has 0 heterocycles. The molecule has 2 rings (SSSR count). The molecule has 0 spiro atoms. The Morgan fingerprint density at radius 2 is 2.00 bits per heavy atom. The van der Waals surface area contributed by atoms with Crippen LogP contribution in [0.15, 0.2) is 46.9 Å². The molecule has 0 aliphatic heterocycles. The molecule has 1 atom stereocenters. The van der Waals surface area contributed by atoms with Crippen molar-refractivity contribution in [1.82, 2.24) is 0 Å². The minimum Gasteiger partial charge on any atom is -0.456 e. The van der Waals surface area contributed by atoms with Crippen LogP contribution < -0.4 is 10.5 Å². The maximum atomic E-state index is 5.84. The molecule has 0 aliphatic carbocycles. The summed E-state index contributed by atoms with van der Waals surface area (Å²) in [5.41, 5.74) is 6.92. The zero-order valence-corrected chi connectivity index (χ0v) is 13.6. The number of nitrogens with two attached hydrogens (primary N) is 1. The van der Waals surface area contributed by atoms with Gasteiger partial charge in [-0.15, -0.1) is 0 Å². The fourth-order valence-corrected chi connectivity index (χ4v) is 2.53. The van der Waals surface area contributed by atoms with Crippen molar-refractivity contribution in [3.63, 3.8) is 0 Å². The summed E-state index contributed by atoms with van der Waals surface area (Å²) in [5, 5.41) is 0. The summed E-state index contributed by atoms with van der Waals surface area (Å²) in [6.45, 7) is 1.96. The van der Waals surface area contributed by atoms with Crippen LogP contribution in [-0.2, 0) is 0 Å². The van der Waals surface area contributed by atoms with E-state index in [0.717, 1.165) is 25.1 Å². The highest BCUT2D eigenvalue weighted by Gasteiger charge is 2.06. The third kappa shape index (κ3) is 3.46. The van der Waals surface area contributed by atoms with Crippen molar-refractivity contribution in [2.24, 2.45) is 5.73 Å². The van der Waals surface area contributed by atoms with Gasteiger partial charge in [0.25, 0.3) is 0 Å². The zero-order chi connectivity index (χ0) is 13.1. The van der Waals surface area contributed by atoms with Gasteiger partial charge in [0.1, 0.15) is 11.5 Å². The Kier molecular flexibility index (Phi) is 4.64. The Balaban J connectivity index is 2.24. The van der Waals surface area contributed by atoms with Crippen LogP contribution >= 0.6 is 38.5 Å². The van der Waals surface area contributed by atoms with Gasteiger partial charge in [-0.1, -0.05) is 12.1 Å². The predicted molar refractivity (Wildman–Crippen MR) is 86.0 cm³/mol. The summed E-state index contributed by atoms with van der Waals surface area (Å²) in [5.74, 6) is 1.62. The summed E-state index contributed by atoms with van der Waals surface area (Å²) < 4.78 is 7.89. The lowest BCUT2D eigenvalue weighted by atomic mass is 10.1. The molecule has 2 nitrogen and oxygen atoms in total. The molecule has 0 fully saturated rings. The van der Waals surface area contributed by atoms with Crippen molar-refractivity contribution in [1.29, 1.82) is 0 Å². The molecule has 0 unspecified atom stereocenters. The first-order valence-electron chi connectivity index (χ1n) is 5.54. The summed E-state index contributed by atoms with van der Waals surface area (Å²) in [4.78, 5) is 0. The van der Waals surface area contributed by atoms with Gasteiger partial charge in [0, 0.05) is 9.61 Å². The third-order valence-electron chi connectivity index (χ3n) is 2.51. The topological polar surface area (TPSA) is 35.2 Å². The van der Waals surface area contributed by atoms with Crippen LogP contribution in [0.3, 0.4) is 0 Å². The van der Waals surface area contributed by atoms with E-state index in [-0.39, 0.29) is 6.04 Å². The summed E-state index contributed by atoms with van der Waals surface area (Å²) in [6, 6.07) is 13.9. The standard InChI is InChI=1S/C14H13BrINO/c1-9(17)10-5-6-14(13(15)7-10)18-12-4-2-3-11(16)8-12/h2-9H,17H2,1H3/t9-/m0/s1. The van der Waals surface area contributed by atoms with Crippen molar-refractivity contribution >= 4 is 38.5 Å². The van der Waals surface area contributed by atoms with Crippen LogP contribution in [0.4, 0.5) is 0 Å². The first kappa shape index (κ1) is 13.8. The van der Waals surface area contributed by atoms with E-state index in [1.807, 2.05) is 49.4 Å². The molecule has 0 bridgehead atoms. The van der Waals surface area contributed by atoms with Gasteiger partial charge in [-0.3, -0.25) is 0 Å². The van der Waals surface area contributed by atoms with Gasteiger partial charge in [0.05, 0.1) is 4.47 Å². The molecule has 2 N–H and O–H groups in total. The Labute approximate surface area is 129 Å². The van der Waals surface area contributed by atoms with E-state index in [0.29, 0.717) is 0 Å². The van der Waals surface area contributed by atoms with E-state index in [2.05, 4.69) is 38.5 Å². The van der Waals surface area contributed by atoms with Gasteiger partial charge in [-0.05, 0) is 81.3 Å². The fraction of sp³-hybridized carbons (Fsp3) is 0.143. The van der Waals surface area contributed by atoms with Gasteiger partial charge in [0.15, 0.2) is 0 Å². The quantitative estimate of drug-likeness (QED) is 0.723. The van der Waals surface area contributed by atoms with Crippen LogP contribution in [0.1, 0.15) is 18.5 Å². The highest BCUT2D eigenvalue weighted by atomic mass is 127. The molecule has 0 amide bonds. The van der Waals surface area contributed by atoms with Crippen LogP contribution in [-0.4, -0.2) is 0 Å². The first-order valence-corrected chi connectivity index (χ1v) is 7.42. The van der Waals surface area contributed by atoms with Crippen molar-refractivity contribution in [3.05, 3.63) is 56.1 Å². The van der Waals surface area contributed by atoms with Crippen molar-refractivity contribution in [2.75, 3.05) is 0 Å². The van der Waals surface area contributed by atoms with Crippen molar-refractivity contribution < 1.29 is 4.74 Å². The smallest absolute Gasteiger partial charge is 0.141 e. The molecule has 0 saturated heterocycles. The van der Waals surface area contributed by atoms with Crippen molar-refractivity contribution in [2.45, 2.75) is 13.0 Å². The Morgan fingerprint density at radius 1 is 1.22 bits per heavy atom. The Morgan fingerprint density at radius 3 is 2.61 bits per heavy atom. The lowest BCUT2D eigenvalue weighted by Crippen LogP contribution is -2.04. The zero-order valence-electron chi connectivity index (χ0n) is 9.86. The van der Waals surface area contributed by atoms with E-state index in [1.54, 1.807) is 0 Å². The van der Waals surface area contributed by atoms with Crippen LogP contribution in [0.2, 0.25) is 0 Å². The summed E-state index contributed by atoms with van der Waals surface area (Å²) in [7, 11) is 0. The predicted octanol–water partition coefficient (Wildman–Crippen LogP) is 4.87. The Bertz CT molecular complexity index is 557. The fourth-order valence-electron chi connectivity index (χ4n) is 1.54. The van der Waals surface area contributed by atoms with Gasteiger partial charge in [0.2, 0.25) is 0 Å². The van der Waals surface area contributed by atoms with Gasteiger partial charge in [-0.2, -0.15) is 0 Å². The summed E-state index contributed by atoms with van der Waals surface area (Å²) in [6.07, 6.45) is 0. The molecule has 18 heavy (non-hydrogen) atoms. The molecule has 0 saturated carbocycles. The number of hydrogen-bond donors (Lipinski definition) is 1. The maximum absolute atomic E-state index is 5.84. The second-order valence-corrected chi connectivity index (χ2v) is 6.14. The Hall–Kier alpha value is -0.590. The SMILES string of the molecule is C[C@H](N)c1ccc(Oc2cccc(I)c2)c(Br)c1. The largest absolute Gasteiger partial charge is 0.456 e. The van der Waals surface area contributed by atoms with E-state index in [4.69, 9.17) is 10.5 Å². The van der Waals surface area contributed by atoms with E-state index in [9.17, 15) is 0 Å². The lowest BCUT2D eigenvalue weighted by molar-refractivity contribution is 0.479. The second kappa shape index (κ2) is 6.04. The molecule has 0 aromatic heterocycles. The molecule has 2 aromatic carbocycles. The van der Waals surface area contributed by atoms with Gasteiger partial charge in [-0.25, -0.2) is 0 Å². The van der Waals surface area contributed by atoms with Crippen LogP contribution in [0, 0.1) is 3.57 Å². The van der Waals surface area contributed by atoms with E-state index >= 15 is 0 Å². The average molecular weight is 418 g/mol. The number of halogens is 2. The first-order chi connectivity index (χ1) is 8.56. The summed E-state index contributed by atoms with van der Waals surface area (Å²) >= 11 is 5.77. The van der Waals surface area contributed by atoms with Crippen LogP contribution in [0.5, 0.6) is 11.5 Å².